The van der Waals surface area contributed by atoms with Gasteiger partial charge in [-0.25, -0.2) is 8.42 Å². The first-order valence-corrected chi connectivity index (χ1v) is 14.8. The highest BCUT2D eigenvalue weighted by atomic mass is 32.2. The minimum atomic E-state index is -3.49. The summed E-state index contributed by atoms with van der Waals surface area (Å²) in [6, 6.07) is 21.0. The number of ether oxygens (including phenoxy) is 2. The second-order valence-corrected chi connectivity index (χ2v) is 11.6. The normalized spacial score (nSPS) is 12.8. The molecule has 2 atom stereocenters. The molecule has 0 aliphatic carbocycles. The van der Waals surface area contributed by atoms with Crippen molar-refractivity contribution in [3.8, 4) is 11.5 Å². The van der Waals surface area contributed by atoms with Gasteiger partial charge in [0.1, 0.15) is 11.5 Å². The molecule has 0 fully saturated rings. The van der Waals surface area contributed by atoms with Crippen LogP contribution in [0, 0.1) is 0 Å². The Kier molecular flexibility index (Phi) is 11.4. The highest BCUT2D eigenvalue weighted by Gasteiger charge is 2.24. The minimum Gasteiger partial charge on any atom is -0.497 e. The van der Waals surface area contributed by atoms with Crippen LogP contribution in [0.15, 0.2) is 72.8 Å². The summed E-state index contributed by atoms with van der Waals surface area (Å²) < 4.78 is 37.0. The summed E-state index contributed by atoms with van der Waals surface area (Å²) in [6.45, 7) is 2.43. The average Bonchev–Trinajstić information content (AvgIpc) is 2.96. The van der Waals surface area contributed by atoms with Crippen molar-refractivity contribution in [3.63, 3.8) is 0 Å². The lowest BCUT2D eigenvalue weighted by molar-refractivity contribution is 0.0830. The molecule has 3 aromatic rings. The van der Waals surface area contributed by atoms with Crippen LogP contribution >= 0.6 is 0 Å². The number of nitrogens with zero attached hydrogens (tertiary/aromatic N) is 1. The van der Waals surface area contributed by atoms with E-state index >= 15 is 0 Å². The van der Waals surface area contributed by atoms with E-state index in [9.17, 15) is 18.3 Å². The number of nitrogens with one attached hydrogen (secondary N) is 2. The maximum Gasteiger partial charge on any atom is 0.251 e. The average molecular weight is 570 g/mol. The molecular formula is C30H39N3O6S. The SMILES string of the molecule is CCCS(=O)(=O)N(C)c1cccc(C(=O)NC(Cc2ccccc2)C(O)CNCc2cc(OC)ccc2OC)c1. The molecule has 0 heterocycles. The van der Waals surface area contributed by atoms with E-state index in [0.717, 1.165) is 11.1 Å². The van der Waals surface area contributed by atoms with Gasteiger partial charge in [-0.05, 0) is 54.8 Å². The molecule has 3 aromatic carbocycles. The Morgan fingerprint density at radius 2 is 1.75 bits per heavy atom. The summed E-state index contributed by atoms with van der Waals surface area (Å²) in [5, 5.41) is 17.4. The van der Waals surface area contributed by atoms with E-state index < -0.39 is 28.1 Å². The molecule has 0 bridgehead atoms. The number of carbonyl (C=O) groups excluding carboxylic acids is 1. The smallest absolute Gasteiger partial charge is 0.251 e. The van der Waals surface area contributed by atoms with Gasteiger partial charge in [0.15, 0.2) is 0 Å². The van der Waals surface area contributed by atoms with Gasteiger partial charge in [-0.15, -0.1) is 0 Å². The molecule has 0 aliphatic heterocycles. The van der Waals surface area contributed by atoms with Gasteiger partial charge in [0, 0.05) is 31.3 Å². The van der Waals surface area contributed by atoms with Crippen molar-refractivity contribution in [2.24, 2.45) is 0 Å². The fourth-order valence-corrected chi connectivity index (χ4v) is 5.54. The Morgan fingerprint density at radius 1 is 1.00 bits per heavy atom. The maximum atomic E-state index is 13.3. The summed E-state index contributed by atoms with van der Waals surface area (Å²) in [5.41, 5.74) is 2.53. The van der Waals surface area contributed by atoms with Gasteiger partial charge in [-0.2, -0.15) is 0 Å². The van der Waals surface area contributed by atoms with Crippen LogP contribution in [0.4, 0.5) is 5.69 Å². The molecule has 0 saturated carbocycles. The quantitative estimate of drug-likeness (QED) is 0.257. The summed E-state index contributed by atoms with van der Waals surface area (Å²) >= 11 is 0. The van der Waals surface area contributed by atoms with E-state index in [1.54, 1.807) is 45.4 Å². The first-order chi connectivity index (χ1) is 19.2. The number of methoxy groups -OCH3 is 2. The second-order valence-electron chi connectivity index (χ2n) is 9.48. The largest absolute Gasteiger partial charge is 0.497 e. The number of amides is 1. The first-order valence-electron chi connectivity index (χ1n) is 13.2. The highest BCUT2D eigenvalue weighted by Crippen LogP contribution is 2.24. The predicted octanol–water partition coefficient (Wildman–Crippen LogP) is 3.37. The van der Waals surface area contributed by atoms with Crippen molar-refractivity contribution in [2.45, 2.75) is 38.5 Å². The molecule has 0 aromatic heterocycles. The minimum absolute atomic E-state index is 0.0138. The van der Waals surface area contributed by atoms with Gasteiger partial charge in [-0.3, -0.25) is 9.10 Å². The lowest BCUT2D eigenvalue weighted by atomic mass is 10.00. The van der Waals surface area contributed by atoms with Crippen molar-refractivity contribution in [1.82, 2.24) is 10.6 Å². The van der Waals surface area contributed by atoms with E-state index in [2.05, 4.69) is 10.6 Å². The second kappa shape index (κ2) is 14.7. The molecule has 10 heteroatoms. The molecule has 0 aliphatic rings. The molecule has 3 rings (SSSR count). The molecule has 0 saturated heterocycles. The fourth-order valence-electron chi connectivity index (χ4n) is 4.32. The summed E-state index contributed by atoms with van der Waals surface area (Å²) in [5.74, 6) is 1.00. The number of hydrogen-bond acceptors (Lipinski definition) is 7. The number of anilines is 1. The molecule has 216 valence electrons. The van der Waals surface area contributed by atoms with Crippen LogP contribution in [0.1, 0.15) is 34.8 Å². The van der Waals surface area contributed by atoms with Crippen LogP contribution in [0.2, 0.25) is 0 Å². The highest BCUT2D eigenvalue weighted by molar-refractivity contribution is 7.92. The molecule has 40 heavy (non-hydrogen) atoms. The lowest BCUT2D eigenvalue weighted by Gasteiger charge is -2.25. The Hall–Kier alpha value is -3.60. The standard InChI is InChI=1S/C30H39N3O6S/c1-5-16-40(36,37)33(2)25-13-9-12-23(18-25)30(35)32-27(17-22-10-7-6-8-11-22)28(34)21-31-20-24-19-26(38-3)14-15-29(24)39-4/h6-15,18-19,27-28,31,34H,5,16-17,20-21H2,1-4H3,(H,32,35). The van der Waals surface area contributed by atoms with Crippen LogP contribution < -0.4 is 24.4 Å². The van der Waals surface area contributed by atoms with E-state index in [4.69, 9.17) is 9.47 Å². The van der Waals surface area contributed by atoms with Crippen LogP contribution in [0.5, 0.6) is 11.5 Å². The van der Waals surface area contributed by atoms with E-state index in [0.29, 0.717) is 42.1 Å². The molecule has 1 amide bonds. The Bertz CT molecular complexity index is 1350. The number of rotatable bonds is 15. The Morgan fingerprint density at radius 3 is 2.42 bits per heavy atom. The Labute approximate surface area is 237 Å². The van der Waals surface area contributed by atoms with Gasteiger partial charge in [0.25, 0.3) is 5.91 Å². The van der Waals surface area contributed by atoms with Crippen LogP contribution in [0.3, 0.4) is 0 Å². The van der Waals surface area contributed by atoms with Gasteiger partial charge in [-0.1, -0.05) is 43.3 Å². The van der Waals surface area contributed by atoms with Crippen molar-refractivity contribution < 1.29 is 27.8 Å². The van der Waals surface area contributed by atoms with Crippen LogP contribution in [-0.4, -0.2) is 65.1 Å². The molecule has 2 unspecified atom stereocenters. The van der Waals surface area contributed by atoms with Gasteiger partial charge in [0.2, 0.25) is 10.0 Å². The molecular weight excluding hydrogens is 530 g/mol. The number of carbonyl (C=O) groups is 1. The van der Waals surface area contributed by atoms with Gasteiger partial charge >= 0.3 is 0 Å². The zero-order valence-electron chi connectivity index (χ0n) is 23.5. The number of sulfonamides is 1. The molecule has 3 N–H and O–H groups in total. The fraction of sp³-hybridized carbons (Fsp3) is 0.367. The zero-order valence-corrected chi connectivity index (χ0v) is 24.3. The third-order valence-electron chi connectivity index (χ3n) is 6.59. The summed E-state index contributed by atoms with van der Waals surface area (Å²) in [7, 11) is 1.18. The monoisotopic (exact) mass is 569 g/mol. The summed E-state index contributed by atoms with van der Waals surface area (Å²) in [6.07, 6.45) is -0.0241. The van der Waals surface area contributed by atoms with Crippen LogP contribution in [-0.2, 0) is 23.0 Å². The van der Waals surface area contributed by atoms with Crippen molar-refractivity contribution in [2.75, 3.05) is 37.9 Å². The molecule has 9 nitrogen and oxygen atoms in total. The van der Waals surface area contributed by atoms with E-state index in [-0.39, 0.29) is 12.3 Å². The number of aliphatic hydroxyl groups excluding tert-OH is 1. The van der Waals surface area contributed by atoms with Crippen molar-refractivity contribution in [3.05, 3.63) is 89.5 Å². The van der Waals surface area contributed by atoms with Crippen molar-refractivity contribution in [1.29, 1.82) is 0 Å². The first kappa shape index (κ1) is 30.9. The maximum absolute atomic E-state index is 13.3. The van der Waals surface area contributed by atoms with Crippen LogP contribution in [0.25, 0.3) is 0 Å². The third kappa shape index (κ3) is 8.45. The summed E-state index contributed by atoms with van der Waals surface area (Å²) in [4.78, 5) is 13.3. The van der Waals surface area contributed by atoms with Crippen molar-refractivity contribution >= 4 is 21.6 Å². The predicted molar refractivity (Wildman–Crippen MR) is 158 cm³/mol. The van der Waals surface area contributed by atoms with E-state index in [1.165, 1.54) is 11.4 Å². The third-order valence-corrected chi connectivity index (χ3v) is 8.56. The number of benzene rings is 3. The van der Waals surface area contributed by atoms with Gasteiger partial charge < -0.3 is 25.2 Å². The topological polar surface area (TPSA) is 117 Å². The number of aliphatic hydroxyl groups is 1. The number of hydrogen-bond donors (Lipinski definition) is 3. The lowest BCUT2D eigenvalue weighted by Crippen LogP contribution is -2.48. The Balaban J connectivity index is 1.74. The molecule has 0 spiro atoms. The van der Waals surface area contributed by atoms with Gasteiger partial charge in [0.05, 0.1) is 37.8 Å². The molecule has 0 radical (unpaired) electrons. The zero-order chi connectivity index (χ0) is 29.1. The van der Waals surface area contributed by atoms with E-state index in [1.807, 2.05) is 48.5 Å².